The minimum Gasteiger partial charge on any atom is -0.473 e. The van der Waals surface area contributed by atoms with Crippen LogP contribution in [0.3, 0.4) is 0 Å². The summed E-state index contributed by atoms with van der Waals surface area (Å²) < 4.78 is 7.27. The first-order valence-electron chi connectivity index (χ1n) is 8.78. The van der Waals surface area contributed by atoms with Gasteiger partial charge in [0.2, 0.25) is 0 Å². The lowest BCUT2D eigenvalue weighted by atomic mass is 9.92. The molecule has 7 nitrogen and oxygen atoms in total. The molecule has 146 valence electrons. The SMILES string of the molecule is CC1=CC(=Nc2c(OCCO)nn3ccccc23)C(=N)c2c1[nH]c(C)c2C.Cl. The molecule has 3 N–H and O–H groups in total. The summed E-state index contributed by atoms with van der Waals surface area (Å²) in [5, 5.41) is 22.2. The molecule has 28 heavy (non-hydrogen) atoms. The molecule has 3 heterocycles. The zero-order valence-electron chi connectivity index (χ0n) is 15.9. The monoisotopic (exact) mass is 399 g/mol. The highest BCUT2D eigenvalue weighted by Crippen LogP contribution is 2.34. The summed E-state index contributed by atoms with van der Waals surface area (Å²) >= 11 is 0. The molecule has 0 unspecified atom stereocenters. The van der Waals surface area contributed by atoms with Crippen LogP contribution in [-0.2, 0) is 0 Å². The first kappa shape index (κ1) is 19.9. The number of aryl methyl sites for hydroxylation is 1. The number of hydrogen-bond donors (Lipinski definition) is 3. The van der Waals surface area contributed by atoms with E-state index in [1.54, 1.807) is 4.52 Å². The van der Waals surface area contributed by atoms with Crippen molar-refractivity contribution in [2.24, 2.45) is 4.99 Å². The Hall–Kier alpha value is -2.90. The molecule has 0 saturated carbocycles. The number of nitrogens with zero attached hydrogens (tertiary/aromatic N) is 3. The van der Waals surface area contributed by atoms with Gasteiger partial charge in [0.05, 0.1) is 29.2 Å². The minimum atomic E-state index is -0.107. The lowest BCUT2D eigenvalue weighted by Crippen LogP contribution is -2.18. The fourth-order valence-electron chi connectivity index (χ4n) is 3.32. The van der Waals surface area contributed by atoms with E-state index in [4.69, 9.17) is 20.2 Å². The first-order valence-corrected chi connectivity index (χ1v) is 8.78. The second-order valence-electron chi connectivity index (χ2n) is 6.58. The molecule has 0 aromatic carbocycles. The lowest BCUT2D eigenvalue weighted by molar-refractivity contribution is 0.197. The number of aliphatic hydroxyl groups excluding tert-OH is 1. The van der Waals surface area contributed by atoms with Crippen LogP contribution in [-0.4, -0.2) is 44.3 Å². The highest BCUT2D eigenvalue weighted by atomic mass is 35.5. The number of aliphatic hydroxyl groups is 1. The summed E-state index contributed by atoms with van der Waals surface area (Å²) in [5.74, 6) is 0.342. The van der Waals surface area contributed by atoms with Crippen LogP contribution in [0.15, 0.2) is 35.5 Å². The van der Waals surface area contributed by atoms with Gasteiger partial charge in [0.25, 0.3) is 5.88 Å². The average Bonchev–Trinajstić information content (AvgIpc) is 3.16. The Labute approximate surface area is 168 Å². The number of rotatable bonds is 4. The van der Waals surface area contributed by atoms with E-state index in [0.29, 0.717) is 23.0 Å². The Morgan fingerprint density at radius 3 is 2.82 bits per heavy atom. The Kier molecular flexibility index (Phi) is 5.40. The maximum absolute atomic E-state index is 9.09. The molecular formula is C20H22ClN5O2. The zero-order chi connectivity index (χ0) is 19.1. The van der Waals surface area contributed by atoms with Crippen molar-refractivity contribution in [1.82, 2.24) is 14.6 Å². The van der Waals surface area contributed by atoms with Crippen molar-refractivity contribution in [2.45, 2.75) is 20.8 Å². The molecule has 8 heteroatoms. The van der Waals surface area contributed by atoms with Crippen LogP contribution in [0.4, 0.5) is 5.69 Å². The Balaban J connectivity index is 0.00000225. The summed E-state index contributed by atoms with van der Waals surface area (Å²) in [6, 6.07) is 5.68. The third kappa shape index (κ3) is 3.12. The largest absolute Gasteiger partial charge is 0.473 e. The van der Waals surface area contributed by atoms with E-state index in [2.05, 4.69) is 10.1 Å². The van der Waals surface area contributed by atoms with Crippen molar-refractivity contribution < 1.29 is 9.84 Å². The Morgan fingerprint density at radius 2 is 2.07 bits per heavy atom. The van der Waals surface area contributed by atoms with Crippen LogP contribution >= 0.6 is 12.4 Å². The molecule has 4 rings (SSSR count). The van der Waals surface area contributed by atoms with Crippen LogP contribution in [0.5, 0.6) is 5.88 Å². The number of halogens is 1. The normalized spacial score (nSPS) is 14.8. The van der Waals surface area contributed by atoms with E-state index >= 15 is 0 Å². The predicted octanol–water partition coefficient (Wildman–Crippen LogP) is 3.63. The molecule has 0 radical (unpaired) electrons. The van der Waals surface area contributed by atoms with Gasteiger partial charge in [0.15, 0.2) is 5.69 Å². The van der Waals surface area contributed by atoms with Crippen molar-refractivity contribution in [1.29, 1.82) is 5.41 Å². The van der Waals surface area contributed by atoms with Gasteiger partial charge in [-0.2, -0.15) is 0 Å². The molecule has 0 aliphatic heterocycles. The number of aromatic amines is 1. The van der Waals surface area contributed by atoms with E-state index in [9.17, 15) is 0 Å². The average molecular weight is 400 g/mol. The molecule has 0 atom stereocenters. The van der Waals surface area contributed by atoms with E-state index in [1.807, 2.05) is 51.2 Å². The number of aromatic nitrogens is 3. The molecule has 0 amide bonds. The Morgan fingerprint density at radius 1 is 1.29 bits per heavy atom. The van der Waals surface area contributed by atoms with Gasteiger partial charge < -0.3 is 14.8 Å². The number of H-pyrrole nitrogens is 1. The van der Waals surface area contributed by atoms with Gasteiger partial charge in [0, 0.05) is 17.5 Å². The fraction of sp³-hybridized carbons (Fsp3) is 0.250. The second kappa shape index (κ2) is 7.61. The molecule has 1 aliphatic rings. The number of fused-ring (bicyclic) bond motifs is 2. The van der Waals surface area contributed by atoms with Gasteiger partial charge in [-0.15, -0.1) is 17.5 Å². The van der Waals surface area contributed by atoms with Crippen LogP contribution < -0.4 is 4.74 Å². The minimum absolute atomic E-state index is 0. The molecular weight excluding hydrogens is 378 g/mol. The number of allylic oxidation sites excluding steroid dienone is 2. The summed E-state index contributed by atoms with van der Waals surface area (Å²) in [6.07, 6.45) is 3.72. The van der Waals surface area contributed by atoms with Gasteiger partial charge in [-0.05, 0) is 50.1 Å². The van der Waals surface area contributed by atoms with Gasteiger partial charge in [-0.25, -0.2) is 9.51 Å². The molecule has 3 aromatic heterocycles. The third-order valence-electron chi connectivity index (χ3n) is 4.80. The standard InChI is InChI=1S/C20H21N5O2.ClH/c1-11-10-14(17(21)16-12(2)13(3)22-18(11)16)23-19-15-6-4-5-7-25(15)24-20(19)27-9-8-26;/h4-7,10,21-22,26H,8-9H2,1-3H3;1H. The molecule has 3 aromatic rings. The van der Waals surface area contributed by atoms with Gasteiger partial charge in [-0.3, -0.25) is 5.41 Å². The van der Waals surface area contributed by atoms with Crippen molar-refractivity contribution in [3.63, 3.8) is 0 Å². The molecule has 1 aliphatic carbocycles. The fourth-order valence-corrected chi connectivity index (χ4v) is 3.32. The first-order chi connectivity index (χ1) is 13.0. The van der Waals surface area contributed by atoms with Crippen molar-refractivity contribution in [3.05, 3.63) is 53.0 Å². The topological polar surface area (TPSA) is 98.8 Å². The molecule has 0 saturated heterocycles. The van der Waals surface area contributed by atoms with Crippen LogP contribution in [0.1, 0.15) is 29.4 Å². The zero-order valence-corrected chi connectivity index (χ0v) is 16.7. The van der Waals surface area contributed by atoms with Crippen LogP contribution in [0.2, 0.25) is 0 Å². The summed E-state index contributed by atoms with van der Waals surface area (Å²) in [6.45, 7) is 6.06. The molecule has 0 spiro atoms. The summed E-state index contributed by atoms with van der Waals surface area (Å²) in [4.78, 5) is 8.11. The predicted molar refractivity (Wildman–Crippen MR) is 113 cm³/mol. The van der Waals surface area contributed by atoms with Gasteiger partial charge in [-0.1, -0.05) is 6.07 Å². The molecule has 0 bridgehead atoms. The van der Waals surface area contributed by atoms with Crippen molar-refractivity contribution >= 4 is 40.6 Å². The van der Waals surface area contributed by atoms with E-state index in [-0.39, 0.29) is 25.6 Å². The summed E-state index contributed by atoms with van der Waals surface area (Å²) in [7, 11) is 0. The van der Waals surface area contributed by atoms with Gasteiger partial charge >= 0.3 is 0 Å². The van der Waals surface area contributed by atoms with E-state index in [1.165, 1.54) is 0 Å². The van der Waals surface area contributed by atoms with E-state index < -0.39 is 0 Å². The second-order valence-corrected chi connectivity index (χ2v) is 6.58. The van der Waals surface area contributed by atoms with Gasteiger partial charge in [0.1, 0.15) is 6.61 Å². The highest BCUT2D eigenvalue weighted by molar-refractivity contribution is 6.54. The number of pyridine rings is 1. The number of ether oxygens (including phenoxy) is 1. The van der Waals surface area contributed by atoms with Crippen LogP contribution in [0, 0.1) is 19.3 Å². The molecule has 0 fully saturated rings. The maximum atomic E-state index is 9.09. The third-order valence-corrected chi connectivity index (χ3v) is 4.80. The highest BCUT2D eigenvalue weighted by Gasteiger charge is 2.25. The van der Waals surface area contributed by atoms with Crippen molar-refractivity contribution in [2.75, 3.05) is 13.2 Å². The van der Waals surface area contributed by atoms with Crippen LogP contribution in [0.25, 0.3) is 11.1 Å². The maximum Gasteiger partial charge on any atom is 0.260 e. The number of nitrogens with one attached hydrogen (secondary N) is 2. The van der Waals surface area contributed by atoms with E-state index in [0.717, 1.165) is 33.6 Å². The number of hydrogen-bond acceptors (Lipinski definition) is 5. The quantitative estimate of drug-likeness (QED) is 0.624. The number of aliphatic imine (C=N–C) groups is 1. The smallest absolute Gasteiger partial charge is 0.260 e. The lowest BCUT2D eigenvalue weighted by Gasteiger charge is -2.15. The Bertz CT molecular complexity index is 1120. The van der Waals surface area contributed by atoms with Crippen molar-refractivity contribution in [3.8, 4) is 5.88 Å². The summed E-state index contributed by atoms with van der Waals surface area (Å²) in [5.41, 5.74) is 7.30.